The number of nitrogens with zero attached hydrogens (tertiary/aromatic N) is 1. The van der Waals surface area contributed by atoms with Crippen molar-refractivity contribution in [3.8, 4) is 5.75 Å². The first-order valence-electron chi connectivity index (χ1n) is 16.2. The molecule has 2 aromatic carbocycles. The van der Waals surface area contributed by atoms with E-state index < -0.39 is 78.1 Å². The molecule has 1 spiro atoms. The minimum absolute atomic E-state index is 0.0265. The highest BCUT2D eigenvalue weighted by atomic mass is 16.6. The second-order valence-electron chi connectivity index (χ2n) is 13.0. The number of carbonyl (C=O) groups excluding carboxylic acids is 3. The SMILES string of the molecule is CN1CCC[C@]23c4c5ccc(CO)c4O[C@H]2C(OC(=O)C[C@H](O)C(=O)O[C@H](C(=O)O[C@@H](CC(=O)O)C(=O)O)c2ccccc2)=CC[C@@]3(O)[C@H]1C5. The highest BCUT2D eigenvalue weighted by molar-refractivity contribution is 5.87. The van der Waals surface area contributed by atoms with Crippen LogP contribution in [0.5, 0.6) is 5.75 Å². The van der Waals surface area contributed by atoms with Gasteiger partial charge in [-0.05, 0) is 44.5 Å². The molecule has 6 rings (SSSR count). The van der Waals surface area contributed by atoms with Gasteiger partial charge in [0.25, 0.3) is 0 Å². The highest BCUT2D eigenvalue weighted by Crippen LogP contribution is 2.64. The van der Waals surface area contributed by atoms with Crippen LogP contribution in [0.4, 0.5) is 0 Å². The van der Waals surface area contributed by atoms with E-state index in [9.17, 15) is 44.4 Å². The van der Waals surface area contributed by atoms with E-state index in [2.05, 4.69) is 4.90 Å². The first kappa shape index (κ1) is 35.0. The number of aliphatic carboxylic acids is 2. The molecule has 4 aliphatic rings. The number of carboxylic acid groups (broad SMARTS) is 2. The van der Waals surface area contributed by atoms with Gasteiger partial charge in [-0.25, -0.2) is 14.4 Å². The van der Waals surface area contributed by atoms with E-state index >= 15 is 0 Å². The van der Waals surface area contributed by atoms with Crippen molar-refractivity contribution in [2.75, 3.05) is 13.6 Å². The Kier molecular flexibility index (Phi) is 9.43. The molecular weight excluding hydrogens is 658 g/mol. The number of hydrogen-bond donors (Lipinski definition) is 5. The molecule has 2 bridgehead atoms. The standard InChI is InChI=1S/C35H37NO14/c1-36-13-5-11-34-27-19-8-9-20(17-37)28(27)49-30(34)22(10-12-35(34,46)24(36)14-19)47-26(41)15-21(38)32(44)50-29(18-6-3-2-4-7-18)33(45)48-23(31(42)43)16-25(39)40/h2-4,6-10,21,23-24,29-30,37-38,46H,5,11-17H2,1H3,(H,39,40)(H,42,43)/t21-,23-,24+,29-,30-,34-,35+/m0/s1. The molecular formula is C35H37NO14. The summed E-state index contributed by atoms with van der Waals surface area (Å²) in [5, 5.41) is 51.6. The minimum Gasteiger partial charge on any atom is -0.481 e. The van der Waals surface area contributed by atoms with Gasteiger partial charge in [-0.15, -0.1) is 0 Å². The molecule has 0 amide bonds. The van der Waals surface area contributed by atoms with Crippen LogP contribution >= 0.6 is 0 Å². The highest BCUT2D eigenvalue weighted by Gasteiger charge is 2.70. The summed E-state index contributed by atoms with van der Waals surface area (Å²) in [6.07, 6.45) is -5.61. The fourth-order valence-electron chi connectivity index (χ4n) is 7.92. The van der Waals surface area contributed by atoms with Crippen molar-refractivity contribution in [1.82, 2.24) is 4.90 Å². The molecule has 7 atom stereocenters. The lowest BCUT2D eigenvalue weighted by atomic mass is 9.52. The maximum Gasteiger partial charge on any atom is 0.353 e. The lowest BCUT2D eigenvalue weighted by Gasteiger charge is -2.56. The molecule has 2 aromatic rings. The predicted octanol–water partition coefficient (Wildman–Crippen LogP) is 0.897. The second kappa shape index (κ2) is 13.5. The number of rotatable bonds is 12. The van der Waals surface area contributed by atoms with E-state index in [1.54, 1.807) is 18.2 Å². The summed E-state index contributed by atoms with van der Waals surface area (Å²) in [5.74, 6) is -6.67. The van der Waals surface area contributed by atoms with Gasteiger partial charge in [0, 0.05) is 29.2 Å². The Morgan fingerprint density at radius 3 is 2.44 bits per heavy atom. The molecule has 15 heteroatoms. The summed E-state index contributed by atoms with van der Waals surface area (Å²) in [6.45, 7) is 0.406. The number of aliphatic hydroxyl groups is 3. The van der Waals surface area contributed by atoms with Crippen molar-refractivity contribution in [2.45, 2.75) is 86.6 Å². The van der Waals surface area contributed by atoms with Gasteiger partial charge in [-0.3, -0.25) is 9.59 Å². The third-order valence-electron chi connectivity index (χ3n) is 10.2. The second-order valence-corrected chi connectivity index (χ2v) is 13.0. The Morgan fingerprint density at radius 1 is 1.02 bits per heavy atom. The van der Waals surface area contributed by atoms with E-state index in [-0.39, 0.29) is 30.4 Å². The number of hydrogen-bond acceptors (Lipinski definition) is 13. The largest absolute Gasteiger partial charge is 0.481 e. The molecule has 0 saturated carbocycles. The molecule has 0 aromatic heterocycles. The fraction of sp³-hybridized carbons (Fsp3) is 0.457. The Balaban J connectivity index is 1.20. The van der Waals surface area contributed by atoms with Crippen LogP contribution < -0.4 is 4.74 Å². The summed E-state index contributed by atoms with van der Waals surface area (Å²) in [7, 11) is 1.96. The molecule has 0 unspecified atom stereocenters. The van der Waals surface area contributed by atoms with Crippen molar-refractivity contribution in [3.05, 3.63) is 76.6 Å². The molecule has 1 fully saturated rings. The van der Waals surface area contributed by atoms with Gasteiger partial charge in [-0.2, -0.15) is 0 Å². The minimum atomic E-state index is -2.14. The summed E-state index contributed by atoms with van der Waals surface area (Å²) < 4.78 is 22.2. The van der Waals surface area contributed by atoms with Crippen molar-refractivity contribution in [3.63, 3.8) is 0 Å². The summed E-state index contributed by atoms with van der Waals surface area (Å²) in [6, 6.07) is 10.7. The van der Waals surface area contributed by atoms with E-state index in [4.69, 9.17) is 24.1 Å². The molecule has 2 aliphatic heterocycles. The normalized spacial score (nSPS) is 26.5. The third kappa shape index (κ3) is 5.89. The Labute approximate surface area is 285 Å². The zero-order chi connectivity index (χ0) is 36.0. The van der Waals surface area contributed by atoms with Crippen LogP contribution in [0, 0.1) is 0 Å². The Bertz CT molecular complexity index is 1740. The number of likely N-dealkylation sites (tertiary alicyclic amines) is 1. The number of carbonyl (C=O) groups is 5. The average molecular weight is 696 g/mol. The molecule has 266 valence electrons. The number of likely N-dealkylation sites (N-methyl/N-ethyl adjacent to an activating group) is 1. The van der Waals surface area contributed by atoms with Crippen LogP contribution in [-0.2, 0) is 56.6 Å². The molecule has 2 heterocycles. The number of esters is 3. The van der Waals surface area contributed by atoms with Gasteiger partial charge in [0.2, 0.25) is 12.2 Å². The van der Waals surface area contributed by atoms with Crippen LogP contribution in [0.1, 0.15) is 60.5 Å². The van der Waals surface area contributed by atoms with Crippen molar-refractivity contribution in [1.29, 1.82) is 0 Å². The van der Waals surface area contributed by atoms with E-state index in [0.717, 1.165) is 17.7 Å². The zero-order valence-corrected chi connectivity index (χ0v) is 27.0. The van der Waals surface area contributed by atoms with E-state index in [1.165, 1.54) is 24.3 Å². The predicted molar refractivity (Wildman–Crippen MR) is 167 cm³/mol. The average Bonchev–Trinajstić information content (AvgIpc) is 3.42. The molecule has 5 N–H and O–H groups in total. The van der Waals surface area contributed by atoms with Gasteiger partial charge in [-0.1, -0.05) is 42.5 Å². The molecule has 15 nitrogen and oxygen atoms in total. The first-order valence-corrected chi connectivity index (χ1v) is 16.2. The van der Waals surface area contributed by atoms with Crippen molar-refractivity contribution < 1.29 is 68.5 Å². The van der Waals surface area contributed by atoms with Gasteiger partial charge < -0.3 is 49.4 Å². The van der Waals surface area contributed by atoms with Crippen LogP contribution in [0.3, 0.4) is 0 Å². The van der Waals surface area contributed by atoms with E-state index in [0.29, 0.717) is 30.6 Å². The maximum atomic E-state index is 13.2. The van der Waals surface area contributed by atoms with Crippen LogP contribution in [0.25, 0.3) is 0 Å². The lowest BCUT2D eigenvalue weighted by Crippen LogP contribution is -2.69. The van der Waals surface area contributed by atoms with Gasteiger partial charge >= 0.3 is 29.8 Å². The van der Waals surface area contributed by atoms with Crippen molar-refractivity contribution in [2.24, 2.45) is 0 Å². The van der Waals surface area contributed by atoms with Gasteiger partial charge in [0.15, 0.2) is 12.2 Å². The Hall–Kier alpha value is -4.83. The van der Waals surface area contributed by atoms with Crippen molar-refractivity contribution >= 4 is 29.8 Å². The zero-order valence-electron chi connectivity index (χ0n) is 27.0. The third-order valence-corrected chi connectivity index (χ3v) is 10.2. The summed E-state index contributed by atoms with van der Waals surface area (Å²) in [4.78, 5) is 63.9. The smallest absolute Gasteiger partial charge is 0.353 e. The summed E-state index contributed by atoms with van der Waals surface area (Å²) >= 11 is 0. The van der Waals surface area contributed by atoms with Crippen LogP contribution in [0.15, 0.2) is 54.3 Å². The van der Waals surface area contributed by atoms with Crippen LogP contribution in [0.2, 0.25) is 0 Å². The number of benzene rings is 2. The maximum absolute atomic E-state index is 13.2. The monoisotopic (exact) mass is 695 g/mol. The topological polar surface area (TPSA) is 227 Å². The van der Waals surface area contributed by atoms with Crippen LogP contribution in [-0.4, -0.2) is 104 Å². The quantitative estimate of drug-likeness (QED) is 0.154. The molecule has 50 heavy (non-hydrogen) atoms. The number of aliphatic hydroxyl groups excluding tert-OH is 2. The summed E-state index contributed by atoms with van der Waals surface area (Å²) in [5.41, 5.74) is 0.0201. The fourth-order valence-corrected chi connectivity index (χ4v) is 7.92. The number of ether oxygens (including phenoxy) is 4. The number of carboxylic acids is 2. The molecule has 2 aliphatic carbocycles. The van der Waals surface area contributed by atoms with Gasteiger partial charge in [0.05, 0.1) is 30.5 Å². The first-order chi connectivity index (χ1) is 23.8. The van der Waals surface area contributed by atoms with E-state index in [1.807, 2.05) is 13.1 Å². The molecule has 1 saturated heterocycles. The van der Waals surface area contributed by atoms with Gasteiger partial charge in [0.1, 0.15) is 11.5 Å². The molecule has 0 radical (unpaired) electrons. The lowest BCUT2D eigenvalue weighted by molar-refractivity contribution is -0.182. The Morgan fingerprint density at radius 2 is 1.76 bits per heavy atom.